The zero-order chi connectivity index (χ0) is 14.0. The number of rotatable bonds is 4. The maximum absolute atomic E-state index is 13.2. The summed E-state index contributed by atoms with van der Waals surface area (Å²) in [7, 11) is 0. The van der Waals surface area contributed by atoms with E-state index in [9.17, 15) is 17.6 Å². The Morgan fingerprint density at radius 2 is 1.79 bits per heavy atom. The van der Waals surface area contributed by atoms with Gasteiger partial charge in [0.1, 0.15) is 4.83 Å². The van der Waals surface area contributed by atoms with E-state index in [1.165, 1.54) is 10.9 Å². The van der Waals surface area contributed by atoms with Crippen LogP contribution >= 0.6 is 15.9 Å². The van der Waals surface area contributed by atoms with Crippen molar-refractivity contribution in [2.45, 2.75) is 17.2 Å². The SMILES string of the molecule is FC(F)C(F)(F)C(Br)c1cnn(-c2ccccc2)c1. The van der Waals surface area contributed by atoms with Gasteiger partial charge in [-0.15, -0.1) is 0 Å². The molecule has 1 heterocycles. The van der Waals surface area contributed by atoms with E-state index in [1.54, 1.807) is 30.3 Å². The van der Waals surface area contributed by atoms with Crippen molar-refractivity contribution in [3.63, 3.8) is 0 Å². The van der Waals surface area contributed by atoms with Crippen LogP contribution in [0.3, 0.4) is 0 Å². The van der Waals surface area contributed by atoms with E-state index in [2.05, 4.69) is 21.0 Å². The standard InChI is InChI=1S/C12H9BrF4N2/c13-10(12(16,17)11(14)15)8-6-18-19(7-8)9-4-2-1-3-5-9/h1-7,10-11H. The average Bonchev–Trinajstić information content (AvgIpc) is 2.88. The fraction of sp³-hybridized carbons (Fsp3) is 0.250. The van der Waals surface area contributed by atoms with Crippen molar-refractivity contribution in [1.29, 1.82) is 0 Å². The van der Waals surface area contributed by atoms with Crippen LogP contribution in [0.4, 0.5) is 17.6 Å². The summed E-state index contributed by atoms with van der Waals surface area (Å²) >= 11 is 2.61. The molecule has 0 aliphatic heterocycles. The van der Waals surface area contributed by atoms with Crippen molar-refractivity contribution in [2.24, 2.45) is 0 Å². The lowest BCUT2D eigenvalue weighted by molar-refractivity contribution is -0.127. The van der Waals surface area contributed by atoms with Gasteiger partial charge in [-0.2, -0.15) is 13.9 Å². The zero-order valence-electron chi connectivity index (χ0n) is 9.48. The molecule has 0 spiro atoms. The number of alkyl halides is 5. The molecule has 0 radical (unpaired) electrons. The van der Waals surface area contributed by atoms with Crippen molar-refractivity contribution in [3.8, 4) is 5.69 Å². The van der Waals surface area contributed by atoms with Gasteiger partial charge in [0.05, 0.1) is 11.9 Å². The highest BCUT2D eigenvalue weighted by atomic mass is 79.9. The van der Waals surface area contributed by atoms with E-state index in [4.69, 9.17) is 0 Å². The molecule has 1 aromatic heterocycles. The fourth-order valence-corrected chi connectivity index (χ4v) is 1.96. The quantitative estimate of drug-likeness (QED) is 0.604. The Morgan fingerprint density at radius 1 is 1.16 bits per heavy atom. The summed E-state index contributed by atoms with van der Waals surface area (Å²) in [5, 5.41) is 3.89. The zero-order valence-corrected chi connectivity index (χ0v) is 11.1. The first kappa shape index (κ1) is 14.0. The molecule has 102 valence electrons. The van der Waals surface area contributed by atoms with Crippen LogP contribution in [0.1, 0.15) is 10.4 Å². The molecule has 0 N–H and O–H groups in total. The summed E-state index contributed by atoms with van der Waals surface area (Å²) in [4.78, 5) is -1.78. The number of benzene rings is 1. The number of halogens is 5. The highest BCUT2D eigenvalue weighted by Gasteiger charge is 2.48. The summed E-state index contributed by atoms with van der Waals surface area (Å²) in [6.07, 6.45) is -1.30. The molecule has 0 aliphatic carbocycles. The highest BCUT2D eigenvalue weighted by Crippen LogP contribution is 2.42. The van der Waals surface area contributed by atoms with Crippen LogP contribution < -0.4 is 0 Å². The van der Waals surface area contributed by atoms with Gasteiger partial charge >= 0.3 is 12.3 Å². The van der Waals surface area contributed by atoms with Crippen molar-refractivity contribution < 1.29 is 17.6 Å². The minimum absolute atomic E-state index is 0.00541. The molecule has 2 nitrogen and oxygen atoms in total. The Bertz CT molecular complexity index is 542. The van der Waals surface area contributed by atoms with Gasteiger partial charge in [-0.3, -0.25) is 0 Å². The van der Waals surface area contributed by atoms with E-state index in [1.807, 2.05) is 0 Å². The lowest BCUT2D eigenvalue weighted by Crippen LogP contribution is -2.31. The normalized spacial score (nSPS) is 13.8. The smallest absolute Gasteiger partial charge is 0.241 e. The molecule has 0 bridgehead atoms. The third kappa shape index (κ3) is 2.80. The first-order valence-corrected chi connectivity index (χ1v) is 6.24. The molecule has 0 amide bonds. The molecule has 0 saturated carbocycles. The number of aromatic nitrogens is 2. The van der Waals surface area contributed by atoms with Crippen molar-refractivity contribution >= 4 is 15.9 Å². The summed E-state index contributed by atoms with van der Waals surface area (Å²) in [6, 6.07) is 8.77. The van der Waals surface area contributed by atoms with Crippen molar-refractivity contribution in [3.05, 3.63) is 48.3 Å². The van der Waals surface area contributed by atoms with E-state index in [-0.39, 0.29) is 5.56 Å². The van der Waals surface area contributed by atoms with Crippen molar-refractivity contribution in [1.82, 2.24) is 9.78 Å². The summed E-state index contributed by atoms with van der Waals surface area (Å²) in [6.45, 7) is 0. The molecule has 1 atom stereocenters. The number of nitrogens with zero attached hydrogens (tertiary/aromatic N) is 2. The van der Waals surface area contributed by atoms with E-state index < -0.39 is 17.2 Å². The first-order chi connectivity index (χ1) is 8.93. The minimum atomic E-state index is -4.15. The minimum Gasteiger partial charge on any atom is -0.241 e. The molecule has 0 aliphatic rings. The van der Waals surface area contributed by atoms with Crippen LogP contribution in [0.25, 0.3) is 5.69 Å². The van der Waals surface area contributed by atoms with Gasteiger partial charge in [0, 0.05) is 11.8 Å². The molecule has 2 aromatic rings. The Morgan fingerprint density at radius 3 is 2.37 bits per heavy atom. The number of hydrogen-bond acceptors (Lipinski definition) is 1. The first-order valence-electron chi connectivity index (χ1n) is 5.33. The molecule has 7 heteroatoms. The van der Waals surface area contributed by atoms with Gasteiger partial charge in [-0.1, -0.05) is 34.1 Å². The second-order valence-electron chi connectivity index (χ2n) is 3.89. The summed E-state index contributed by atoms with van der Waals surface area (Å²) in [5.41, 5.74) is 0.656. The topological polar surface area (TPSA) is 17.8 Å². The molecule has 2 rings (SSSR count). The molecule has 1 aromatic carbocycles. The second kappa shape index (κ2) is 5.32. The van der Waals surface area contributed by atoms with Crippen LogP contribution in [0.2, 0.25) is 0 Å². The largest absolute Gasteiger partial charge is 0.323 e. The predicted molar refractivity (Wildman–Crippen MR) is 66.2 cm³/mol. The van der Waals surface area contributed by atoms with Gasteiger partial charge < -0.3 is 0 Å². The maximum Gasteiger partial charge on any atom is 0.323 e. The Labute approximate surface area is 115 Å². The fourth-order valence-electron chi connectivity index (χ4n) is 1.52. The van der Waals surface area contributed by atoms with Crippen LogP contribution in [0, 0.1) is 0 Å². The van der Waals surface area contributed by atoms with Crippen LogP contribution in [-0.2, 0) is 0 Å². The van der Waals surface area contributed by atoms with Crippen LogP contribution in [0.5, 0.6) is 0 Å². The van der Waals surface area contributed by atoms with Crippen LogP contribution in [-0.4, -0.2) is 22.1 Å². The lowest BCUT2D eigenvalue weighted by Gasteiger charge is -2.19. The van der Waals surface area contributed by atoms with Crippen LogP contribution in [0.15, 0.2) is 42.7 Å². The summed E-state index contributed by atoms with van der Waals surface area (Å²) in [5.74, 6) is -4.15. The third-order valence-electron chi connectivity index (χ3n) is 2.54. The monoisotopic (exact) mass is 336 g/mol. The van der Waals surface area contributed by atoms with Gasteiger partial charge in [0.25, 0.3) is 0 Å². The number of hydrogen-bond donors (Lipinski definition) is 0. The lowest BCUT2D eigenvalue weighted by atomic mass is 10.1. The van der Waals surface area contributed by atoms with E-state index in [0.29, 0.717) is 5.69 Å². The Kier molecular flexibility index (Phi) is 3.93. The van der Waals surface area contributed by atoms with Gasteiger partial charge in [-0.25, -0.2) is 13.5 Å². The van der Waals surface area contributed by atoms with E-state index >= 15 is 0 Å². The second-order valence-corrected chi connectivity index (χ2v) is 4.81. The predicted octanol–water partition coefficient (Wildman–Crippen LogP) is 4.21. The Hall–Kier alpha value is -1.37. The Balaban J connectivity index is 2.27. The molecular formula is C12H9BrF4N2. The summed E-state index contributed by atoms with van der Waals surface area (Å²) < 4.78 is 52.3. The molecule has 1 unspecified atom stereocenters. The van der Waals surface area contributed by atoms with E-state index in [0.717, 1.165) is 6.20 Å². The molecule has 0 fully saturated rings. The molecule has 0 saturated heterocycles. The third-order valence-corrected chi connectivity index (χ3v) is 3.68. The average molecular weight is 337 g/mol. The molecule has 19 heavy (non-hydrogen) atoms. The van der Waals surface area contributed by atoms with Crippen molar-refractivity contribution in [2.75, 3.05) is 0 Å². The number of para-hydroxylation sites is 1. The highest BCUT2D eigenvalue weighted by molar-refractivity contribution is 9.09. The molecular weight excluding hydrogens is 328 g/mol. The van der Waals surface area contributed by atoms with Gasteiger partial charge in [0.2, 0.25) is 0 Å². The van der Waals surface area contributed by atoms with Gasteiger partial charge in [0.15, 0.2) is 0 Å². The maximum atomic E-state index is 13.2. The van der Waals surface area contributed by atoms with Gasteiger partial charge in [-0.05, 0) is 12.1 Å².